The molecule has 2 N–H and O–H groups in total. The van der Waals surface area contributed by atoms with Crippen molar-refractivity contribution in [2.24, 2.45) is 0 Å². The molecule has 0 aliphatic rings. The molecule has 0 saturated carbocycles. The van der Waals surface area contributed by atoms with Gasteiger partial charge in [-0.3, -0.25) is 4.98 Å². The van der Waals surface area contributed by atoms with E-state index < -0.39 is 0 Å². The standard InChI is InChI=1S/C18H15Cl2N3O2/c19-13-3-5-17(15(20)11-13)23-18(24)22-8-9-25-14-4-6-16-12(10-14)2-1-7-21-16/h1-7,10-11H,8-9H2,(H2,22,23,24). The second-order valence-electron chi connectivity index (χ2n) is 5.21. The maximum atomic E-state index is 11.9. The van der Waals surface area contributed by atoms with Gasteiger partial charge in [0.2, 0.25) is 0 Å². The Morgan fingerprint density at radius 3 is 2.84 bits per heavy atom. The number of ether oxygens (including phenoxy) is 1. The highest BCUT2D eigenvalue weighted by Crippen LogP contribution is 2.25. The fourth-order valence-corrected chi connectivity index (χ4v) is 2.69. The SMILES string of the molecule is O=C(NCCOc1ccc2ncccc2c1)Nc1ccc(Cl)cc1Cl. The van der Waals surface area contributed by atoms with Crippen LogP contribution in [0.2, 0.25) is 10.0 Å². The van der Waals surface area contributed by atoms with Crippen LogP contribution in [0.25, 0.3) is 10.9 Å². The first-order chi connectivity index (χ1) is 12.1. The van der Waals surface area contributed by atoms with E-state index in [4.69, 9.17) is 27.9 Å². The molecule has 0 saturated heterocycles. The van der Waals surface area contributed by atoms with E-state index in [9.17, 15) is 4.79 Å². The molecule has 0 unspecified atom stereocenters. The minimum Gasteiger partial charge on any atom is -0.492 e. The maximum Gasteiger partial charge on any atom is 0.319 e. The number of carbonyl (C=O) groups is 1. The number of anilines is 1. The zero-order chi connectivity index (χ0) is 17.6. The summed E-state index contributed by atoms with van der Waals surface area (Å²) in [5.41, 5.74) is 1.40. The normalized spacial score (nSPS) is 10.5. The number of benzene rings is 2. The summed E-state index contributed by atoms with van der Waals surface area (Å²) >= 11 is 11.8. The molecule has 2 aromatic carbocycles. The number of hydrogen-bond donors (Lipinski definition) is 2. The first-order valence-corrected chi connectivity index (χ1v) is 8.35. The number of carbonyl (C=O) groups excluding carboxylic acids is 1. The Morgan fingerprint density at radius 1 is 1.12 bits per heavy atom. The maximum absolute atomic E-state index is 11.9. The fourth-order valence-electron chi connectivity index (χ4n) is 2.23. The number of fused-ring (bicyclic) bond motifs is 1. The number of amides is 2. The molecule has 0 aliphatic heterocycles. The smallest absolute Gasteiger partial charge is 0.319 e. The predicted molar refractivity (Wildman–Crippen MR) is 101 cm³/mol. The second-order valence-corrected chi connectivity index (χ2v) is 6.06. The highest BCUT2D eigenvalue weighted by molar-refractivity contribution is 6.36. The Morgan fingerprint density at radius 2 is 2.00 bits per heavy atom. The number of nitrogens with zero attached hydrogens (tertiary/aromatic N) is 1. The predicted octanol–water partition coefficient (Wildman–Crippen LogP) is 4.74. The van der Waals surface area contributed by atoms with Gasteiger partial charge in [-0.1, -0.05) is 29.3 Å². The van der Waals surface area contributed by atoms with Crippen molar-refractivity contribution in [3.8, 4) is 5.75 Å². The molecule has 3 rings (SSSR count). The minimum absolute atomic E-state index is 0.341. The molecular formula is C18H15Cl2N3O2. The molecule has 1 heterocycles. The van der Waals surface area contributed by atoms with E-state index in [1.165, 1.54) is 0 Å². The van der Waals surface area contributed by atoms with Gasteiger partial charge >= 0.3 is 6.03 Å². The van der Waals surface area contributed by atoms with E-state index in [-0.39, 0.29) is 6.03 Å². The molecule has 5 nitrogen and oxygen atoms in total. The second kappa shape index (κ2) is 8.05. The lowest BCUT2D eigenvalue weighted by Gasteiger charge is -2.10. The van der Waals surface area contributed by atoms with Crippen LogP contribution in [0.5, 0.6) is 5.75 Å². The van der Waals surface area contributed by atoms with Crippen LogP contribution in [-0.4, -0.2) is 24.2 Å². The lowest BCUT2D eigenvalue weighted by Crippen LogP contribution is -2.32. The van der Waals surface area contributed by atoms with Crippen LogP contribution in [0.15, 0.2) is 54.7 Å². The molecule has 3 aromatic rings. The zero-order valence-corrected chi connectivity index (χ0v) is 14.6. The van der Waals surface area contributed by atoms with E-state index in [0.29, 0.717) is 28.9 Å². The lowest BCUT2D eigenvalue weighted by atomic mass is 10.2. The Balaban J connectivity index is 1.46. The zero-order valence-electron chi connectivity index (χ0n) is 13.1. The van der Waals surface area contributed by atoms with Crippen molar-refractivity contribution in [3.05, 3.63) is 64.8 Å². The van der Waals surface area contributed by atoms with Crippen LogP contribution < -0.4 is 15.4 Å². The Hall–Kier alpha value is -2.50. The van der Waals surface area contributed by atoms with Crippen LogP contribution in [0.1, 0.15) is 0 Å². The molecule has 0 fully saturated rings. The van der Waals surface area contributed by atoms with E-state index in [1.54, 1.807) is 24.4 Å². The molecule has 0 bridgehead atoms. The highest BCUT2D eigenvalue weighted by Gasteiger charge is 2.06. The van der Waals surface area contributed by atoms with Gasteiger partial charge < -0.3 is 15.4 Å². The monoisotopic (exact) mass is 375 g/mol. The van der Waals surface area contributed by atoms with E-state index in [1.807, 2.05) is 30.3 Å². The van der Waals surface area contributed by atoms with E-state index >= 15 is 0 Å². The number of pyridine rings is 1. The average molecular weight is 376 g/mol. The molecule has 2 amide bonds. The number of hydrogen-bond acceptors (Lipinski definition) is 3. The molecule has 0 atom stereocenters. The van der Waals surface area contributed by atoms with Gasteiger partial charge in [0.15, 0.2) is 0 Å². The summed E-state index contributed by atoms with van der Waals surface area (Å²) in [7, 11) is 0. The van der Waals surface area contributed by atoms with Crippen LogP contribution in [0.3, 0.4) is 0 Å². The molecular weight excluding hydrogens is 361 g/mol. The number of urea groups is 1. The number of rotatable bonds is 5. The minimum atomic E-state index is -0.365. The molecule has 25 heavy (non-hydrogen) atoms. The summed E-state index contributed by atoms with van der Waals surface area (Å²) in [6.45, 7) is 0.690. The van der Waals surface area contributed by atoms with E-state index in [2.05, 4.69) is 15.6 Å². The number of halogens is 2. The van der Waals surface area contributed by atoms with Gasteiger partial charge in [0.25, 0.3) is 0 Å². The van der Waals surface area contributed by atoms with Crippen LogP contribution in [0, 0.1) is 0 Å². The van der Waals surface area contributed by atoms with Crippen molar-refractivity contribution >= 4 is 45.8 Å². The van der Waals surface area contributed by atoms with Crippen LogP contribution in [0.4, 0.5) is 10.5 Å². The molecule has 0 aliphatic carbocycles. The fraction of sp³-hybridized carbons (Fsp3) is 0.111. The van der Waals surface area contributed by atoms with Gasteiger partial charge in [-0.05, 0) is 42.5 Å². The third kappa shape index (κ3) is 4.75. The van der Waals surface area contributed by atoms with Crippen molar-refractivity contribution < 1.29 is 9.53 Å². The van der Waals surface area contributed by atoms with Crippen molar-refractivity contribution in [1.82, 2.24) is 10.3 Å². The summed E-state index contributed by atoms with van der Waals surface area (Å²) in [6.07, 6.45) is 1.75. The van der Waals surface area contributed by atoms with Crippen molar-refractivity contribution in [2.75, 3.05) is 18.5 Å². The molecule has 7 heteroatoms. The number of nitrogens with one attached hydrogen (secondary N) is 2. The summed E-state index contributed by atoms with van der Waals surface area (Å²) in [4.78, 5) is 16.1. The third-order valence-electron chi connectivity index (χ3n) is 3.41. The first-order valence-electron chi connectivity index (χ1n) is 7.59. The largest absolute Gasteiger partial charge is 0.492 e. The highest BCUT2D eigenvalue weighted by atomic mass is 35.5. The van der Waals surface area contributed by atoms with Crippen molar-refractivity contribution in [1.29, 1.82) is 0 Å². The first kappa shape index (κ1) is 17.3. The summed E-state index contributed by atoms with van der Waals surface area (Å²) in [5, 5.41) is 7.25. The Kier molecular flexibility index (Phi) is 5.58. The summed E-state index contributed by atoms with van der Waals surface area (Å²) < 4.78 is 5.64. The van der Waals surface area contributed by atoms with E-state index in [0.717, 1.165) is 16.7 Å². The van der Waals surface area contributed by atoms with Gasteiger partial charge in [0.05, 0.1) is 22.8 Å². The van der Waals surface area contributed by atoms with Gasteiger partial charge in [-0.2, -0.15) is 0 Å². The third-order valence-corrected chi connectivity index (χ3v) is 3.96. The topological polar surface area (TPSA) is 63.2 Å². The van der Waals surface area contributed by atoms with Gasteiger partial charge in [0.1, 0.15) is 12.4 Å². The quantitative estimate of drug-likeness (QED) is 0.632. The molecule has 1 aromatic heterocycles. The summed E-state index contributed by atoms with van der Waals surface area (Å²) in [6, 6.07) is 14.0. The van der Waals surface area contributed by atoms with Crippen LogP contribution in [-0.2, 0) is 0 Å². The van der Waals surface area contributed by atoms with Gasteiger partial charge in [-0.25, -0.2) is 4.79 Å². The average Bonchev–Trinajstić information content (AvgIpc) is 2.61. The molecule has 0 spiro atoms. The summed E-state index contributed by atoms with van der Waals surface area (Å²) in [5.74, 6) is 0.725. The molecule has 128 valence electrons. The molecule has 0 radical (unpaired) electrons. The lowest BCUT2D eigenvalue weighted by molar-refractivity contribution is 0.247. The van der Waals surface area contributed by atoms with Gasteiger partial charge in [-0.15, -0.1) is 0 Å². The Bertz CT molecular complexity index is 902. The Labute approximate surface area is 154 Å². The van der Waals surface area contributed by atoms with Crippen LogP contribution >= 0.6 is 23.2 Å². The van der Waals surface area contributed by atoms with Gasteiger partial charge in [0, 0.05) is 16.6 Å². The van der Waals surface area contributed by atoms with Crippen molar-refractivity contribution in [3.63, 3.8) is 0 Å². The van der Waals surface area contributed by atoms with Crippen molar-refractivity contribution in [2.45, 2.75) is 0 Å². The number of aromatic nitrogens is 1.